The number of carbonyl (C=O) groups is 1. The van der Waals surface area contributed by atoms with Gasteiger partial charge >= 0.3 is 6.18 Å². The van der Waals surface area contributed by atoms with Crippen molar-refractivity contribution in [3.05, 3.63) is 39.9 Å². The van der Waals surface area contributed by atoms with Crippen LogP contribution >= 0.6 is 0 Å². The number of rotatable bonds is 5. The lowest BCUT2D eigenvalue weighted by Crippen LogP contribution is -2.56. The van der Waals surface area contributed by atoms with Gasteiger partial charge < -0.3 is 0 Å². The van der Waals surface area contributed by atoms with Gasteiger partial charge in [0.15, 0.2) is 0 Å². The van der Waals surface area contributed by atoms with E-state index in [1.165, 1.54) is 18.2 Å². The molecule has 0 saturated carbocycles. The molecule has 1 aliphatic rings. The van der Waals surface area contributed by atoms with Crippen molar-refractivity contribution in [2.45, 2.75) is 50.9 Å². The van der Waals surface area contributed by atoms with E-state index in [1.807, 2.05) is 0 Å². The summed E-state index contributed by atoms with van der Waals surface area (Å²) in [6, 6.07) is 3.80. The number of halogens is 3. The van der Waals surface area contributed by atoms with Gasteiger partial charge in [0, 0.05) is 23.6 Å². The number of benzene rings is 1. The maximum atomic E-state index is 13.5. The van der Waals surface area contributed by atoms with Crippen LogP contribution < -0.4 is 5.43 Å². The van der Waals surface area contributed by atoms with E-state index in [4.69, 9.17) is 0 Å². The van der Waals surface area contributed by atoms with E-state index < -0.39 is 35.0 Å². The Morgan fingerprint density at radius 1 is 1.38 bits per heavy atom. The number of hydrogen-bond donors (Lipinski definition) is 1. The Kier molecular flexibility index (Phi) is 4.84. The normalized spacial score (nSPS) is 19.1. The summed E-state index contributed by atoms with van der Waals surface area (Å²) >= 11 is 0. The molecule has 0 unspecified atom stereocenters. The minimum absolute atomic E-state index is 0.0366. The van der Waals surface area contributed by atoms with Crippen molar-refractivity contribution in [3.63, 3.8) is 0 Å². The summed E-state index contributed by atoms with van der Waals surface area (Å²) in [6.07, 6.45) is -5.12. The number of alkyl halides is 3. The third-order valence-corrected chi connectivity index (χ3v) is 4.06. The fourth-order valence-corrected chi connectivity index (χ4v) is 2.93. The van der Waals surface area contributed by atoms with Crippen LogP contribution in [0.25, 0.3) is 0 Å². The number of nitro groups is 1. The maximum Gasteiger partial charge on any atom is 0.405 e. The molecule has 1 aromatic carbocycles. The average Bonchev–Trinajstić information content (AvgIpc) is 2.70. The third-order valence-electron chi connectivity index (χ3n) is 4.06. The molecule has 0 spiro atoms. The summed E-state index contributed by atoms with van der Waals surface area (Å²) in [5.41, 5.74) is 1.31. The smallest absolute Gasteiger partial charge is 0.288 e. The summed E-state index contributed by atoms with van der Waals surface area (Å²) in [6.45, 7) is 3.10. The highest BCUT2D eigenvalue weighted by molar-refractivity contribution is 5.78. The van der Waals surface area contributed by atoms with Crippen LogP contribution in [-0.4, -0.2) is 33.6 Å². The fourth-order valence-electron chi connectivity index (χ4n) is 2.93. The lowest BCUT2D eigenvalue weighted by Gasteiger charge is -2.37. The quantitative estimate of drug-likeness (QED) is 0.658. The molecular weight excluding hydrogens is 327 g/mol. The summed E-state index contributed by atoms with van der Waals surface area (Å²) in [4.78, 5) is 21.9. The Balaban J connectivity index is 2.23. The Bertz CT molecular complexity index is 646. The van der Waals surface area contributed by atoms with Gasteiger partial charge in [-0.3, -0.25) is 20.3 Å². The summed E-state index contributed by atoms with van der Waals surface area (Å²) in [5, 5.41) is 11.9. The predicted octanol–water partition coefficient (Wildman–Crippen LogP) is 2.97. The number of nitrogens with zero attached hydrogens (tertiary/aromatic N) is 2. The second kappa shape index (κ2) is 6.39. The molecule has 2 rings (SSSR count). The second-order valence-electron chi connectivity index (χ2n) is 6.38. The molecule has 24 heavy (non-hydrogen) atoms. The fraction of sp³-hybridized carbons (Fsp3) is 0.533. The highest BCUT2D eigenvalue weighted by Crippen LogP contribution is 2.35. The van der Waals surface area contributed by atoms with Crippen LogP contribution in [0, 0.1) is 10.1 Å². The number of nitro benzene ring substituents is 1. The Morgan fingerprint density at radius 2 is 2.00 bits per heavy atom. The number of aryl methyl sites for hydroxylation is 1. The Hall–Kier alpha value is -2.16. The van der Waals surface area contributed by atoms with Crippen LogP contribution in [-0.2, 0) is 11.2 Å². The maximum absolute atomic E-state index is 13.5. The molecule has 0 bridgehead atoms. The number of hydrogen-bond acceptors (Lipinski definition) is 4. The van der Waals surface area contributed by atoms with Gasteiger partial charge in [-0.05, 0) is 26.7 Å². The molecular formula is C15H18F3N3O3. The molecule has 1 aliphatic heterocycles. The van der Waals surface area contributed by atoms with Gasteiger partial charge in [-0.25, -0.2) is 5.01 Å². The molecule has 1 atom stereocenters. The minimum atomic E-state index is -4.57. The topological polar surface area (TPSA) is 75.5 Å². The molecule has 1 saturated heterocycles. The van der Waals surface area contributed by atoms with Crippen molar-refractivity contribution < 1.29 is 22.9 Å². The van der Waals surface area contributed by atoms with E-state index >= 15 is 0 Å². The summed E-state index contributed by atoms with van der Waals surface area (Å²) < 4.78 is 40.4. The highest BCUT2D eigenvalue weighted by Gasteiger charge is 2.51. The van der Waals surface area contributed by atoms with Crippen molar-refractivity contribution in [2.75, 3.05) is 0 Å². The van der Waals surface area contributed by atoms with Crippen molar-refractivity contribution >= 4 is 11.6 Å². The van der Waals surface area contributed by atoms with Crippen LogP contribution in [0.4, 0.5) is 18.9 Å². The first kappa shape index (κ1) is 18.2. The number of carbonyl (C=O) groups excluding carboxylic acids is 1. The first-order chi connectivity index (χ1) is 11.0. The SMILES string of the molecule is CC1(C)CC(=O)NN1[C@@H](CCc1ccccc1[N+](=O)[O-])C(F)(F)F. The molecule has 9 heteroatoms. The third kappa shape index (κ3) is 3.84. The lowest BCUT2D eigenvalue weighted by atomic mass is 9.97. The molecule has 1 fully saturated rings. The zero-order valence-electron chi connectivity index (χ0n) is 13.3. The first-order valence-corrected chi connectivity index (χ1v) is 7.40. The lowest BCUT2D eigenvalue weighted by molar-refractivity contribution is -0.385. The minimum Gasteiger partial charge on any atom is -0.288 e. The standard InChI is InChI=1S/C15H18F3N3O3/c1-14(2)9-13(22)19-20(14)12(15(16,17)18)8-7-10-5-3-4-6-11(10)21(23)24/h3-6,12H,7-9H2,1-2H3,(H,19,22)/t12-/m0/s1. The van der Waals surface area contributed by atoms with Gasteiger partial charge in [0.25, 0.3) is 5.69 Å². The summed E-state index contributed by atoms with van der Waals surface area (Å²) in [5.74, 6) is -0.472. The molecule has 0 aromatic heterocycles. The highest BCUT2D eigenvalue weighted by atomic mass is 19.4. The van der Waals surface area contributed by atoms with Crippen LogP contribution in [0.1, 0.15) is 32.3 Å². The van der Waals surface area contributed by atoms with E-state index in [9.17, 15) is 28.1 Å². The van der Waals surface area contributed by atoms with Crippen LogP contribution in [0.15, 0.2) is 24.3 Å². The van der Waals surface area contributed by atoms with E-state index in [0.717, 1.165) is 5.01 Å². The first-order valence-electron chi connectivity index (χ1n) is 7.40. The van der Waals surface area contributed by atoms with E-state index in [2.05, 4.69) is 5.43 Å². The van der Waals surface area contributed by atoms with Crippen molar-refractivity contribution in [1.82, 2.24) is 10.4 Å². The number of para-hydroxylation sites is 1. The van der Waals surface area contributed by atoms with Crippen molar-refractivity contribution in [3.8, 4) is 0 Å². The average molecular weight is 345 g/mol. The van der Waals surface area contributed by atoms with E-state index in [1.54, 1.807) is 19.9 Å². The number of amides is 1. The van der Waals surface area contributed by atoms with Gasteiger partial charge in [-0.15, -0.1) is 0 Å². The molecule has 1 aromatic rings. The van der Waals surface area contributed by atoms with Crippen LogP contribution in [0.2, 0.25) is 0 Å². The molecule has 0 radical (unpaired) electrons. The molecule has 132 valence electrons. The van der Waals surface area contributed by atoms with Crippen LogP contribution in [0.3, 0.4) is 0 Å². The van der Waals surface area contributed by atoms with E-state index in [0.29, 0.717) is 0 Å². The monoisotopic (exact) mass is 345 g/mol. The molecule has 6 nitrogen and oxygen atoms in total. The van der Waals surface area contributed by atoms with Crippen LogP contribution in [0.5, 0.6) is 0 Å². The van der Waals surface area contributed by atoms with Gasteiger partial charge in [0.05, 0.1) is 4.92 Å². The molecule has 1 amide bonds. The second-order valence-corrected chi connectivity index (χ2v) is 6.38. The summed E-state index contributed by atoms with van der Waals surface area (Å²) in [7, 11) is 0. The zero-order chi connectivity index (χ0) is 18.1. The van der Waals surface area contributed by atoms with Gasteiger partial charge in [0.2, 0.25) is 5.91 Å². The zero-order valence-corrected chi connectivity index (χ0v) is 13.3. The van der Waals surface area contributed by atoms with Crippen molar-refractivity contribution in [1.29, 1.82) is 0 Å². The van der Waals surface area contributed by atoms with Crippen molar-refractivity contribution in [2.24, 2.45) is 0 Å². The van der Waals surface area contributed by atoms with Gasteiger partial charge in [0.1, 0.15) is 6.04 Å². The number of hydrazine groups is 1. The molecule has 0 aliphatic carbocycles. The predicted molar refractivity (Wildman–Crippen MR) is 79.9 cm³/mol. The van der Waals surface area contributed by atoms with Gasteiger partial charge in [-0.1, -0.05) is 18.2 Å². The number of nitrogens with one attached hydrogen (secondary N) is 1. The molecule has 1 heterocycles. The van der Waals surface area contributed by atoms with Gasteiger partial charge in [-0.2, -0.15) is 13.2 Å². The Labute approximate surface area is 136 Å². The Morgan fingerprint density at radius 3 is 2.50 bits per heavy atom. The largest absolute Gasteiger partial charge is 0.405 e. The van der Waals surface area contributed by atoms with E-state index in [-0.39, 0.29) is 24.1 Å². The molecule has 1 N–H and O–H groups in total.